The van der Waals surface area contributed by atoms with E-state index in [1.165, 1.54) is 23.8 Å². The van der Waals surface area contributed by atoms with E-state index >= 15 is 0 Å². The largest absolute Gasteiger partial charge is 0.481 e. The Balaban J connectivity index is 1.79. The molecule has 0 saturated heterocycles. The first-order valence-electron chi connectivity index (χ1n) is 8.91. The maximum atomic E-state index is 10.7. The van der Waals surface area contributed by atoms with Crippen molar-refractivity contribution in [2.45, 2.75) is 4.90 Å². The van der Waals surface area contributed by atoms with Gasteiger partial charge in [0.1, 0.15) is 5.75 Å². The first-order valence-corrected chi connectivity index (χ1v) is 12.8. The molecule has 154 valence electrons. The molecule has 3 nitrogen and oxygen atoms in total. The lowest BCUT2D eigenvalue weighted by Crippen LogP contribution is -2.09. The van der Waals surface area contributed by atoms with Crippen LogP contribution in [0.4, 0.5) is 0 Å². The zero-order valence-corrected chi connectivity index (χ0v) is 22.4. The van der Waals surface area contributed by atoms with Crippen LogP contribution in [-0.2, 0) is 4.79 Å². The van der Waals surface area contributed by atoms with Crippen molar-refractivity contribution >= 4 is 84.4 Å². The molecule has 0 saturated carbocycles. The van der Waals surface area contributed by atoms with Gasteiger partial charge >= 0.3 is 5.97 Å². The van der Waals surface area contributed by atoms with Crippen LogP contribution in [0.3, 0.4) is 0 Å². The first kappa shape index (κ1) is 23.6. The maximum Gasteiger partial charge on any atom is 0.341 e. The Bertz CT molecular complexity index is 1040. The fraction of sp³-hybridized carbons (Fsp3) is 0.0870. The van der Waals surface area contributed by atoms with Gasteiger partial charge in [-0.1, -0.05) is 30.3 Å². The highest BCUT2D eigenvalue weighted by Crippen LogP contribution is 2.32. The van der Waals surface area contributed by atoms with Crippen molar-refractivity contribution in [1.29, 1.82) is 0 Å². The summed E-state index contributed by atoms with van der Waals surface area (Å²) in [6, 6.07) is 22.7. The number of hydrogen-bond acceptors (Lipinski definition) is 3. The highest BCUT2D eigenvalue weighted by atomic mass is 127. The van der Waals surface area contributed by atoms with E-state index < -0.39 is 5.97 Å². The number of halogens is 3. The number of thioether (sulfide) groups is 1. The lowest BCUT2D eigenvalue weighted by Gasteiger charge is -2.11. The summed E-state index contributed by atoms with van der Waals surface area (Å²) >= 11 is 9.85. The predicted molar refractivity (Wildman–Crippen MR) is 143 cm³/mol. The van der Waals surface area contributed by atoms with Gasteiger partial charge in [-0.3, -0.25) is 0 Å². The van der Waals surface area contributed by atoms with Crippen LogP contribution in [0.1, 0.15) is 11.1 Å². The van der Waals surface area contributed by atoms with E-state index in [2.05, 4.69) is 116 Å². The third kappa shape index (κ3) is 7.00. The standard InChI is InChI=1S/C23H17BrI2O3S/c24-21-13-19(7-8-22(21)29-14-23(27)28)30-10-9-20(15-3-1-5-17(25)11-15)16-4-2-6-18(26)12-16/h1-9,11-13H,10,14H2,(H,27,28). The van der Waals surface area contributed by atoms with E-state index in [-0.39, 0.29) is 6.61 Å². The molecule has 0 bridgehead atoms. The maximum absolute atomic E-state index is 10.7. The third-order valence-electron chi connectivity index (χ3n) is 4.06. The summed E-state index contributed by atoms with van der Waals surface area (Å²) in [5, 5.41) is 8.76. The Kier molecular flexibility index (Phi) is 9.09. The normalized spacial score (nSPS) is 10.5. The van der Waals surface area contributed by atoms with Crippen LogP contribution in [0.25, 0.3) is 5.57 Å². The second-order valence-electron chi connectivity index (χ2n) is 6.22. The third-order valence-corrected chi connectivity index (χ3v) is 6.95. The molecule has 0 radical (unpaired) electrons. The van der Waals surface area contributed by atoms with Crippen LogP contribution in [0.2, 0.25) is 0 Å². The van der Waals surface area contributed by atoms with Crippen LogP contribution in [0.5, 0.6) is 5.75 Å². The van der Waals surface area contributed by atoms with Crippen LogP contribution in [0.15, 0.2) is 82.2 Å². The summed E-state index contributed by atoms with van der Waals surface area (Å²) in [6.45, 7) is -0.358. The Morgan fingerprint density at radius 2 is 1.63 bits per heavy atom. The number of benzene rings is 3. The number of aliphatic carboxylic acids is 1. The summed E-state index contributed by atoms with van der Waals surface area (Å²) in [5.41, 5.74) is 3.60. The number of carboxylic acids is 1. The van der Waals surface area contributed by atoms with Crippen molar-refractivity contribution in [1.82, 2.24) is 0 Å². The quantitative estimate of drug-likeness (QED) is 0.197. The highest BCUT2D eigenvalue weighted by molar-refractivity contribution is 14.1. The lowest BCUT2D eigenvalue weighted by atomic mass is 9.98. The number of ether oxygens (including phenoxy) is 1. The number of carbonyl (C=O) groups is 1. The Morgan fingerprint density at radius 1 is 1.00 bits per heavy atom. The molecule has 0 aliphatic heterocycles. The van der Waals surface area contributed by atoms with E-state index in [9.17, 15) is 4.79 Å². The molecule has 3 aromatic carbocycles. The predicted octanol–water partition coefficient (Wildman–Crippen LogP) is 7.35. The van der Waals surface area contributed by atoms with Crippen molar-refractivity contribution in [2.24, 2.45) is 0 Å². The molecule has 0 unspecified atom stereocenters. The van der Waals surface area contributed by atoms with Gasteiger partial charge < -0.3 is 9.84 Å². The highest BCUT2D eigenvalue weighted by Gasteiger charge is 2.08. The molecule has 0 aliphatic rings. The fourth-order valence-electron chi connectivity index (χ4n) is 2.76. The summed E-state index contributed by atoms with van der Waals surface area (Å²) in [5.74, 6) is 0.327. The Labute approximate surface area is 215 Å². The molecule has 0 amide bonds. The Hall–Kier alpha value is -1.04. The molecule has 0 spiro atoms. The van der Waals surface area contributed by atoms with Crippen molar-refractivity contribution in [3.63, 3.8) is 0 Å². The molecule has 0 aromatic heterocycles. The van der Waals surface area contributed by atoms with Crippen molar-refractivity contribution < 1.29 is 14.6 Å². The Morgan fingerprint density at radius 3 is 2.17 bits per heavy atom. The topological polar surface area (TPSA) is 46.5 Å². The average molecular weight is 707 g/mol. The lowest BCUT2D eigenvalue weighted by molar-refractivity contribution is -0.139. The summed E-state index contributed by atoms with van der Waals surface area (Å²) in [4.78, 5) is 11.8. The van der Waals surface area contributed by atoms with Gasteiger partial charge in [-0.15, -0.1) is 11.8 Å². The van der Waals surface area contributed by atoms with Crippen LogP contribution >= 0.6 is 72.9 Å². The smallest absolute Gasteiger partial charge is 0.341 e. The van der Waals surface area contributed by atoms with E-state index in [1.54, 1.807) is 17.8 Å². The second kappa shape index (κ2) is 11.5. The van der Waals surface area contributed by atoms with Gasteiger partial charge in [0.15, 0.2) is 6.61 Å². The van der Waals surface area contributed by atoms with Gasteiger partial charge in [-0.25, -0.2) is 4.79 Å². The molecule has 7 heteroatoms. The van der Waals surface area contributed by atoms with Crippen molar-refractivity contribution in [3.05, 3.63) is 95.5 Å². The molecule has 0 heterocycles. The zero-order chi connectivity index (χ0) is 21.5. The molecule has 30 heavy (non-hydrogen) atoms. The molecular formula is C23H17BrI2O3S. The minimum absolute atomic E-state index is 0.358. The molecule has 0 atom stereocenters. The first-order chi connectivity index (χ1) is 14.4. The minimum atomic E-state index is -0.996. The number of rotatable bonds is 8. The fourth-order valence-corrected chi connectivity index (χ4v) is 5.30. The van der Waals surface area contributed by atoms with Crippen LogP contribution in [0, 0.1) is 7.14 Å². The van der Waals surface area contributed by atoms with Gasteiger partial charge in [0, 0.05) is 17.8 Å². The summed E-state index contributed by atoms with van der Waals surface area (Å²) < 4.78 is 8.42. The van der Waals surface area contributed by atoms with Gasteiger partial charge in [0.2, 0.25) is 0 Å². The second-order valence-corrected chi connectivity index (χ2v) is 10.7. The van der Waals surface area contributed by atoms with Crippen molar-refractivity contribution in [3.8, 4) is 5.75 Å². The average Bonchev–Trinajstić information content (AvgIpc) is 2.70. The molecular weight excluding hydrogens is 690 g/mol. The summed E-state index contributed by atoms with van der Waals surface area (Å²) in [7, 11) is 0. The number of carboxylic acid groups (broad SMARTS) is 1. The molecule has 3 aromatic rings. The van der Waals surface area contributed by atoms with Crippen LogP contribution in [-0.4, -0.2) is 23.4 Å². The SMILES string of the molecule is O=C(O)COc1ccc(SCC=C(c2cccc(I)c2)c2cccc(I)c2)cc1Br. The van der Waals surface area contributed by atoms with E-state index in [0.29, 0.717) is 5.75 Å². The van der Waals surface area contributed by atoms with Gasteiger partial charge in [0.25, 0.3) is 0 Å². The van der Waals surface area contributed by atoms with E-state index in [1.807, 2.05) is 12.1 Å². The van der Waals surface area contributed by atoms with Crippen LogP contribution < -0.4 is 4.74 Å². The monoisotopic (exact) mass is 706 g/mol. The number of hydrogen-bond donors (Lipinski definition) is 1. The van der Waals surface area contributed by atoms with Gasteiger partial charge in [-0.2, -0.15) is 0 Å². The van der Waals surface area contributed by atoms with E-state index in [0.717, 1.165) is 15.1 Å². The van der Waals surface area contributed by atoms with E-state index in [4.69, 9.17) is 9.84 Å². The molecule has 3 rings (SSSR count). The zero-order valence-electron chi connectivity index (χ0n) is 15.6. The van der Waals surface area contributed by atoms with Gasteiger partial charge in [0.05, 0.1) is 4.47 Å². The van der Waals surface area contributed by atoms with Crippen molar-refractivity contribution in [2.75, 3.05) is 12.4 Å². The minimum Gasteiger partial charge on any atom is -0.481 e. The van der Waals surface area contributed by atoms with Gasteiger partial charge in [-0.05, 0) is 120 Å². The molecule has 0 aliphatic carbocycles. The summed E-state index contributed by atoms with van der Waals surface area (Å²) in [6.07, 6.45) is 2.25. The molecule has 0 fully saturated rings. The molecule has 1 N–H and O–H groups in total.